The van der Waals surface area contributed by atoms with Gasteiger partial charge >= 0.3 is 18.2 Å². The number of rotatable bonds is 5. The van der Waals surface area contributed by atoms with E-state index in [-0.39, 0.29) is 53.6 Å². The van der Waals surface area contributed by atoms with Crippen LogP contribution in [0.15, 0.2) is 24.5 Å². The van der Waals surface area contributed by atoms with Crippen molar-refractivity contribution in [3.8, 4) is 17.0 Å². The van der Waals surface area contributed by atoms with Crippen LogP contribution in [0.1, 0.15) is 47.1 Å². The first-order valence-electron chi connectivity index (χ1n) is 15.5. The van der Waals surface area contributed by atoms with Crippen molar-refractivity contribution in [3.05, 3.63) is 35.9 Å². The average molecular weight is 669 g/mol. The standard InChI is InChI=1S/C33H41FN6O8/c1-17-20(13-36-28-27(17)40(9-10-46-28)31(43)48-33(5,6)7)19-11-18-12-24(38-29(41)37-22-15-45-16-23(22)44-8)35-14-21(18)26(25(19)34)39-30(42)47-32(2,3)4/h11-14,22-23H,9-10,15-16H2,1-8H3,(H,39,42)(H2,35,37,38,41)/t22-,23+/m1/s1. The van der Waals surface area contributed by atoms with Crippen molar-refractivity contribution < 1.29 is 42.5 Å². The Labute approximate surface area is 277 Å². The zero-order valence-electron chi connectivity index (χ0n) is 28.3. The molecule has 2 aromatic heterocycles. The van der Waals surface area contributed by atoms with E-state index in [0.717, 1.165) is 0 Å². The normalized spacial score (nSPS) is 17.7. The molecule has 4 heterocycles. The van der Waals surface area contributed by atoms with Crippen LogP contribution in [0.2, 0.25) is 0 Å². The van der Waals surface area contributed by atoms with Crippen LogP contribution in [-0.2, 0) is 18.9 Å². The molecule has 4 amide bonds. The van der Waals surface area contributed by atoms with Gasteiger partial charge in [-0.1, -0.05) is 0 Å². The summed E-state index contributed by atoms with van der Waals surface area (Å²) >= 11 is 0. The first-order valence-corrected chi connectivity index (χ1v) is 15.5. The zero-order chi connectivity index (χ0) is 35.0. The summed E-state index contributed by atoms with van der Waals surface area (Å²) in [7, 11) is 1.54. The second kappa shape index (κ2) is 13.4. The number of pyridine rings is 2. The monoisotopic (exact) mass is 668 g/mol. The maximum Gasteiger partial charge on any atom is 0.415 e. The van der Waals surface area contributed by atoms with Gasteiger partial charge in [-0.25, -0.2) is 28.7 Å². The van der Waals surface area contributed by atoms with Gasteiger partial charge in [-0.15, -0.1) is 0 Å². The zero-order valence-corrected chi connectivity index (χ0v) is 28.3. The van der Waals surface area contributed by atoms with E-state index in [1.807, 2.05) is 0 Å². The molecule has 0 bridgehead atoms. The Bertz CT molecular complexity index is 1740. The molecule has 3 N–H and O–H groups in total. The smallest absolute Gasteiger partial charge is 0.415 e. The summed E-state index contributed by atoms with van der Waals surface area (Å²) in [6, 6.07) is 2.21. The highest BCUT2D eigenvalue weighted by Crippen LogP contribution is 2.42. The first-order chi connectivity index (χ1) is 22.5. The van der Waals surface area contributed by atoms with Crippen molar-refractivity contribution in [2.75, 3.05) is 49.0 Å². The molecule has 0 spiro atoms. The summed E-state index contributed by atoms with van der Waals surface area (Å²) in [6.45, 7) is 13.1. The number of hydrogen-bond donors (Lipinski definition) is 3. The molecule has 0 radical (unpaired) electrons. The Morgan fingerprint density at radius 3 is 2.40 bits per heavy atom. The van der Waals surface area contributed by atoms with Gasteiger partial charge in [0.25, 0.3) is 0 Å². The SMILES string of the molecule is CO[C@H]1COC[C@H]1NC(=O)Nc1cc2cc(-c3cnc4c(c3C)N(C(=O)OC(C)(C)C)CCO4)c(F)c(NC(=O)OC(C)(C)C)c2cn1. The Kier molecular flexibility index (Phi) is 9.65. The second-order valence-electron chi connectivity index (χ2n) is 13.5. The summed E-state index contributed by atoms with van der Waals surface area (Å²) in [4.78, 5) is 49.1. The third kappa shape index (κ3) is 7.68. The van der Waals surface area contributed by atoms with Gasteiger partial charge in [0.1, 0.15) is 35.4 Å². The number of methoxy groups -OCH3 is 1. The number of hydrogen-bond acceptors (Lipinski definition) is 10. The number of amides is 4. The Hall–Kier alpha value is -4.76. The highest BCUT2D eigenvalue weighted by molar-refractivity contribution is 6.05. The maximum absolute atomic E-state index is 16.6. The molecular formula is C33H41FN6O8. The molecule has 0 saturated carbocycles. The van der Waals surface area contributed by atoms with E-state index in [2.05, 4.69) is 25.9 Å². The minimum Gasteiger partial charge on any atom is -0.474 e. The molecule has 5 rings (SSSR count). The number of anilines is 3. The summed E-state index contributed by atoms with van der Waals surface area (Å²) < 4.78 is 44.1. The molecule has 1 aromatic carbocycles. The quantitative estimate of drug-likeness (QED) is 0.305. The van der Waals surface area contributed by atoms with E-state index in [9.17, 15) is 14.4 Å². The van der Waals surface area contributed by atoms with Gasteiger partial charge in [0.2, 0.25) is 5.88 Å². The Morgan fingerprint density at radius 1 is 0.979 bits per heavy atom. The van der Waals surface area contributed by atoms with Crippen LogP contribution in [0.5, 0.6) is 5.88 Å². The topological polar surface area (TPSA) is 162 Å². The lowest BCUT2D eigenvalue weighted by atomic mass is 9.96. The number of nitrogens with zero attached hydrogens (tertiary/aromatic N) is 3. The molecule has 3 aromatic rings. The van der Waals surface area contributed by atoms with Crippen molar-refractivity contribution in [2.24, 2.45) is 0 Å². The molecule has 1 fully saturated rings. The van der Waals surface area contributed by atoms with Crippen molar-refractivity contribution in [1.29, 1.82) is 0 Å². The minimum absolute atomic E-state index is 0.0590. The lowest BCUT2D eigenvalue weighted by molar-refractivity contribution is 0.0564. The largest absolute Gasteiger partial charge is 0.474 e. The van der Waals surface area contributed by atoms with Crippen LogP contribution in [0.3, 0.4) is 0 Å². The minimum atomic E-state index is -0.877. The molecule has 2 aliphatic heterocycles. The molecular weight excluding hydrogens is 627 g/mol. The molecule has 2 aliphatic rings. The van der Waals surface area contributed by atoms with Crippen LogP contribution in [0.25, 0.3) is 21.9 Å². The Morgan fingerprint density at radius 2 is 1.71 bits per heavy atom. The average Bonchev–Trinajstić information content (AvgIpc) is 3.43. The van der Waals surface area contributed by atoms with Gasteiger partial charge < -0.3 is 29.0 Å². The molecule has 0 unspecified atom stereocenters. The van der Waals surface area contributed by atoms with Crippen LogP contribution in [0.4, 0.5) is 36.0 Å². The molecule has 48 heavy (non-hydrogen) atoms. The van der Waals surface area contributed by atoms with Gasteiger partial charge in [0, 0.05) is 36.0 Å². The number of carbonyl (C=O) groups is 3. The van der Waals surface area contributed by atoms with E-state index >= 15 is 4.39 Å². The number of benzene rings is 1. The molecule has 258 valence electrons. The van der Waals surface area contributed by atoms with Crippen LogP contribution in [0, 0.1) is 12.7 Å². The van der Waals surface area contributed by atoms with Crippen molar-refractivity contribution in [3.63, 3.8) is 0 Å². The fraction of sp³-hybridized carbons (Fsp3) is 0.485. The van der Waals surface area contributed by atoms with Gasteiger partial charge in [-0.2, -0.15) is 0 Å². The molecule has 15 heteroatoms. The number of carbonyl (C=O) groups excluding carboxylic acids is 3. The van der Waals surface area contributed by atoms with Crippen LogP contribution in [-0.4, -0.2) is 85.0 Å². The molecule has 14 nitrogen and oxygen atoms in total. The van der Waals surface area contributed by atoms with Gasteiger partial charge in [-0.3, -0.25) is 15.5 Å². The fourth-order valence-corrected chi connectivity index (χ4v) is 5.39. The maximum atomic E-state index is 16.6. The number of halogens is 1. The molecule has 2 atom stereocenters. The van der Waals surface area contributed by atoms with Gasteiger partial charge in [-0.05, 0) is 71.5 Å². The van der Waals surface area contributed by atoms with E-state index in [1.54, 1.807) is 60.6 Å². The number of ether oxygens (including phenoxy) is 5. The predicted octanol–water partition coefficient (Wildman–Crippen LogP) is 5.76. The molecule has 0 aliphatic carbocycles. The van der Waals surface area contributed by atoms with E-state index in [0.29, 0.717) is 35.4 Å². The summed E-state index contributed by atoms with van der Waals surface area (Å²) in [6.07, 6.45) is 1.02. The number of fused-ring (bicyclic) bond motifs is 2. The summed E-state index contributed by atoms with van der Waals surface area (Å²) in [5, 5.41) is 8.72. The van der Waals surface area contributed by atoms with E-state index in [4.69, 9.17) is 23.7 Å². The van der Waals surface area contributed by atoms with E-state index < -0.39 is 35.2 Å². The van der Waals surface area contributed by atoms with Crippen LogP contribution < -0.4 is 25.6 Å². The van der Waals surface area contributed by atoms with Crippen LogP contribution >= 0.6 is 0 Å². The Balaban J connectivity index is 1.58. The second-order valence-corrected chi connectivity index (χ2v) is 13.5. The predicted molar refractivity (Wildman–Crippen MR) is 176 cm³/mol. The highest BCUT2D eigenvalue weighted by Gasteiger charge is 2.33. The number of urea groups is 1. The lowest BCUT2D eigenvalue weighted by Gasteiger charge is -2.32. The first kappa shape index (κ1) is 34.6. The number of nitrogens with one attached hydrogen (secondary N) is 3. The third-order valence-electron chi connectivity index (χ3n) is 7.48. The summed E-state index contributed by atoms with van der Waals surface area (Å²) in [5.41, 5.74) is -0.581. The lowest BCUT2D eigenvalue weighted by Crippen LogP contribution is -2.45. The fourth-order valence-electron chi connectivity index (χ4n) is 5.39. The highest BCUT2D eigenvalue weighted by atomic mass is 19.1. The van der Waals surface area contributed by atoms with Crippen molar-refractivity contribution in [2.45, 2.75) is 71.8 Å². The van der Waals surface area contributed by atoms with E-state index in [1.165, 1.54) is 24.4 Å². The van der Waals surface area contributed by atoms with Crippen molar-refractivity contribution >= 4 is 46.2 Å². The van der Waals surface area contributed by atoms with Gasteiger partial charge in [0.05, 0.1) is 31.5 Å². The summed E-state index contributed by atoms with van der Waals surface area (Å²) in [5.74, 6) is -0.420. The molecule has 1 saturated heterocycles. The third-order valence-corrected chi connectivity index (χ3v) is 7.48. The van der Waals surface area contributed by atoms with Crippen molar-refractivity contribution in [1.82, 2.24) is 15.3 Å². The van der Waals surface area contributed by atoms with Gasteiger partial charge in [0.15, 0.2) is 5.82 Å². The number of aromatic nitrogens is 2.